The van der Waals surface area contributed by atoms with E-state index in [-0.39, 0.29) is 39.3 Å². The van der Waals surface area contributed by atoms with Gasteiger partial charge < -0.3 is 14.4 Å². The van der Waals surface area contributed by atoms with Gasteiger partial charge >= 0.3 is 6.09 Å². The molecular weight excluding hydrogens is 542 g/mol. The molecule has 2 fully saturated rings. The van der Waals surface area contributed by atoms with E-state index in [0.717, 1.165) is 44.2 Å². The van der Waals surface area contributed by atoms with E-state index in [1.54, 1.807) is 15.5 Å². The Kier molecular flexibility index (Phi) is 7.21. The topological polar surface area (TPSA) is 97.4 Å². The minimum atomic E-state index is -0.938. The molecule has 1 amide bonds. The van der Waals surface area contributed by atoms with Crippen LogP contribution >= 0.6 is 11.6 Å². The zero-order valence-corrected chi connectivity index (χ0v) is 23.2. The number of hydrogen-bond donors (Lipinski definition) is 0. The lowest BCUT2D eigenvalue weighted by Crippen LogP contribution is -2.44. The molecule has 3 aromatic rings. The van der Waals surface area contributed by atoms with Crippen LogP contribution in [-0.4, -0.2) is 39.2 Å². The average Bonchev–Trinajstić information content (AvgIpc) is 3.30. The molecule has 5 rings (SSSR count). The number of halogens is 3. The Labute approximate surface area is 235 Å². The lowest BCUT2D eigenvalue weighted by atomic mass is 9.77. The van der Waals surface area contributed by atoms with Crippen LogP contribution in [0.1, 0.15) is 64.5 Å². The molecule has 0 radical (unpaired) electrons. The molecule has 8 nitrogen and oxygen atoms in total. The summed E-state index contributed by atoms with van der Waals surface area (Å²) < 4.78 is 41.1. The molecule has 1 aliphatic carbocycles. The number of amides is 1. The Balaban J connectivity index is 1.38. The summed E-state index contributed by atoms with van der Waals surface area (Å²) in [5, 5.41) is 9.27. The Bertz CT molecular complexity index is 1590. The zero-order valence-electron chi connectivity index (χ0n) is 22.5. The van der Waals surface area contributed by atoms with Crippen molar-refractivity contribution in [3.8, 4) is 17.6 Å². The number of rotatable bonds is 3. The van der Waals surface area contributed by atoms with Crippen molar-refractivity contribution in [2.75, 3.05) is 13.1 Å². The van der Waals surface area contributed by atoms with Crippen LogP contribution in [0, 0.1) is 28.4 Å². The first kappa shape index (κ1) is 27.8. The summed E-state index contributed by atoms with van der Waals surface area (Å²) in [5.41, 5.74) is -1.18. The molecule has 1 unspecified atom stereocenters. The number of ether oxygens (including phenoxy) is 2. The highest BCUT2D eigenvalue weighted by Crippen LogP contribution is 2.50. The largest absolute Gasteiger partial charge is 0.451 e. The van der Waals surface area contributed by atoms with Gasteiger partial charge in [-0.05, 0) is 82.6 Å². The lowest BCUT2D eigenvalue weighted by molar-refractivity contribution is 0.0103. The summed E-state index contributed by atoms with van der Waals surface area (Å²) in [6.45, 7) is 6.73. The van der Waals surface area contributed by atoms with Gasteiger partial charge in [0.25, 0.3) is 5.56 Å². The number of hydrogen-bond acceptors (Lipinski definition) is 6. The van der Waals surface area contributed by atoms with Crippen LogP contribution in [0.3, 0.4) is 0 Å². The molecule has 1 saturated carbocycles. The van der Waals surface area contributed by atoms with Crippen molar-refractivity contribution in [1.29, 1.82) is 5.26 Å². The van der Waals surface area contributed by atoms with Crippen molar-refractivity contribution in [2.45, 2.75) is 64.5 Å². The molecule has 2 aliphatic rings. The molecule has 210 valence electrons. The summed E-state index contributed by atoms with van der Waals surface area (Å²) in [6.07, 6.45) is 5.29. The molecule has 1 atom stereocenters. The summed E-state index contributed by atoms with van der Waals surface area (Å²) in [4.78, 5) is 32.3. The molecule has 2 aromatic carbocycles. The zero-order chi connectivity index (χ0) is 28.8. The van der Waals surface area contributed by atoms with Gasteiger partial charge in [0.1, 0.15) is 28.8 Å². The third-order valence-corrected chi connectivity index (χ3v) is 8.16. The van der Waals surface area contributed by atoms with E-state index in [1.165, 1.54) is 18.5 Å². The van der Waals surface area contributed by atoms with E-state index >= 15 is 0 Å². The van der Waals surface area contributed by atoms with Crippen molar-refractivity contribution in [3.63, 3.8) is 0 Å². The fraction of sp³-hybridized carbons (Fsp3) is 0.448. The van der Waals surface area contributed by atoms with Gasteiger partial charge in [-0.1, -0.05) is 11.6 Å². The molecule has 1 spiro atoms. The Morgan fingerprint density at radius 3 is 2.52 bits per heavy atom. The summed E-state index contributed by atoms with van der Waals surface area (Å²) in [6, 6.07) is 6.08. The van der Waals surface area contributed by atoms with E-state index in [0.29, 0.717) is 18.6 Å². The van der Waals surface area contributed by atoms with Crippen LogP contribution in [0.4, 0.5) is 13.6 Å². The highest BCUT2D eigenvalue weighted by atomic mass is 35.5. The second-order valence-electron chi connectivity index (χ2n) is 11.5. The first-order chi connectivity index (χ1) is 18.9. The number of piperidine rings is 1. The first-order valence-corrected chi connectivity index (χ1v) is 13.5. The van der Waals surface area contributed by atoms with Crippen molar-refractivity contribution in [2.24, 2.45) is 5.41 Å². The van der Waals surface area contributed by atoms with Crippen LogP contribution in [-0.2, 0) is 4.74 Å². The van der Waals surface area contributed by atoms with Crippen molar-refractivity contribution < 1.29 is 23.0 Å². The first-order valence-electron chi connectivity index (χ1n) is 13.1. The molecule has 1 aliphatic heterocycles. The second-order valence-corrected chi connectivity index (χ2v) is 11.9. The van der Waals surface area contributed by atoms with E-state index < -0.39 is 28.5 Å². The standard InChI is InChI=1S/C29H29ClF2N4O4/c1-28(2,3)40-27(38)35-12-10-29(11-13-35)9-8-17(14-29)36-16-34-21-6-7-22(24(30)23(21)26(36)37)39-25-18(15-33)19(31)4-5-20(25)32/h4-7,16-17H,8-14H2,1-3H3. The van der Waals surface area contributed by atoms with Crippen LogP contribution in [0.25, 0.3) is 10.9 Å². The molecule has 40 heavy (non-hydrogen) atoms. The Morgan fingerprint density at radius 2 is 1.85 bits per heavy atom. The second kappa shape index (κ2) is 10.4. The van der Waals surface area contributed by atoms with Gasteiger partial charge in [-0.15, -0.1) is 0 Å². The van der Waals surface area contributed by atoms with Crippen LogP contribution < -0.4 is 10.3 Å². The van der Waals surface area contributed by atoms with Crippen LogP contribution in [0.5, 0.6) is 11.5 Å². The number of carbonyl (C=O) groups excluding carboxylic acids is 1. The smallest absolute Gasteiger partial charge is 0.410 e. The number of aromatic nitrogens is 2. The fourth-order valence-electron chi connectivity index (χ4n) is 5.71. The van der Waals surface area contributed by atoms with Crippen LogP contribution in [0.2, 0.25) is 5.02 Å². The van der Waals surface area contributed by atoms with Gasteiger partial charge in [0.15, 0.2) is 11.6 Å². The molecule has 1 aromatic heterocycles. The maximum Gasteiger partial charge on any atom is 0.410 e. The van der Waals surface area contributed by atoms with E-state index in [2.05, 4.69) is 4.98 Å². The normalized spacial score (nSPS) is 18.6. The van der Waals surface area contributed by atoms with Crippen molar-refractivity contribution in [1.82, 2.24) is 14.5 Å². The molecule has 2 heterocycles. The number of nitrogens with zero attached hydrogens (tertiary/aromatic N) is 4. The van der Waals surface area contributed by atoms with Gasteiger partial charge in [-0.2, -0.15) is 5.26 Å². The predicted octanol–water partition coefficient (Wildman–Crippen LogP) is 6.73. The average molecular weight is 571 g/mol. The van der Waals surface area contributed by atoms with Gasteiger partial charge in [-0.3, -0.25) is 9.36 Å². The van der Waals surface area contributed by atoms with Gasteiger partial charge in [0.2, 0.25) is 0 Å². The highest BCUT2D eigenvalue weighted by Gasteiger charge is 2.43. The van der Waals surface area contributed by atoms with Crippen molar-refractivity contribution in [3.05, 3.63) is 63.2 Å². The maximum atomic E-state index is 14.4. The number of carbonyl (C=O) groups is 1. The summed E-state index contributed by atoms with van der Waals surface area (Å²) >= 11 is 6.57. The molecule has 0 bridgehead atoms. The fourth-order valence-corrected chi connectivity index (χ4v) is 5.99. The van der Waals surface area contributed by atoms with Crippen LogP contribution in [0.15, 0.2) is 35.4 Å². The minimum absolute atomic E-state index is 0.00886. The Hall–Kier alpha value is -3.71. The third-order valence-electron chi connectivity index (χ3n) is 7.78. The molecule has 11 heteroatoms. The molecule has 0 N–H and O–H groups in total. The van der Waals surface area contributed by atoms with Gasteiger partial charge in [-0.25, -0.2) is 18.6 Å². The van der Waals surface area contributed by atoms with Gasteiger partial charge in [0.05, 0.1) is 22.3 Å². The molecule has 1 saturated heterocycles. The number of nitriles is 1. The molecular formula is C29H29ClF2N4O4. The maximum absolute atomic E-state index is 14.4. The third kappa shape index (κ3) is 5.22. The van der Waals surface area contributed by atoms with E-state index in [1.807, 2.05) is 20.8 Å². The summed E-state index contributed by atoms with van der Waals surface area (Å²) in [5.74, 6) is -2.58. The monoisotopic (exact) mass is 570 g/mol. The Morgan fingerprint density at radius 1 is 1.15 bits per heavy atom. The summed E-state index contributed by atoms with van der Waals surface area (Å²) in [7, 11) is 0. The quantitative estimate of drug-likeness (QED) is 0.346. The predicted molar refractivity (Wildman–Crippen MR) is 145 cm³/mol. The van der Waals surface area contributed by atoms with E-state index in [4.69, 9.17) is 21.1 Å². The minimum Gasteiger partial charge on any atom is -0.451 e. The number of likely N-dealkylation sites (tertiary alicyclic amines) is 1. The number of fused-ring (bicyclic) bond motifs is 1. The van der Waals surface area contributed by atoms with Gasteiger partial charge in [0, 0.05) is 19.1 Å². The number of benzene rings is 2. The highest BCUT2D eigenvalue weighted by molar-refractivity contribution is 6.36. The van der Waals surface area contributed by atoms with E-state index in [9.17, 15) is 23.6 Å². The lowest BCUT2D eigenvalue weighted by Gasteiger charge is -2.40. The van der Waals surface area contributed by atoms with Crippen molar-refractivity contribution >= 4 is 28.6 Å². The SMILES string of the molecule is CC(C)(C)OC(=O)N1CCC2(CCC(n3cnc4ccc(Oc5c(F)ccc(F)c5C#N)c(Cl)c4c3=O)C2)CC1.